The van der Waals surface area contributed by atoms with E-state index in [4.69, 9.17) is 4.74 Å². The number of esters is 1. The van der Waals surface area contributed by atoms with Crippen LogP contribution in [0.25, 0.3) is 10.9 Å². The van der Waals surface area contributed by atoms with Gasteiger partial charge in [0.25, 0.3) is 0 Å². The average Bonchev–Trinajstić information content (AvgIpc) is 2.29. The summed E-state index contributed by atoms with van der Waals surface area (Å²) in [6.45, 7) is 3.35. The highest BCUT2D eigenvalue weighted by Crippen LogP contribution is 2.23. The largest absolute Gasteiger partial charge is 0.423 e. The Morgan fingerprint density at radius 1 is 1.33 bits per heavy atom. The molecule has 0 fully saturated rings. The molecule has 0 saturated carbocycles. The normalized spacial score (nSPS) is 9.87. The van der Waals surface area contributed by atoms with Gasteiger partial charge in [-0.2, -0.15) is 0 Å². The number of ether oxygens (including phenoxy) is 1. The van der Waals surface area contributed by atoms with Gasteiger partial charge >= 0.3 is 5.97 Å². The van der Waals surface area contributed by atoms with Crippen molar-refractivity contribution in [3.8, 4) is 5.75 Å². The topological polar surface area (TPSA) is 39.2 Å². The monoisotopic (exact) mass is 199 g/mol. The highest BCUT2D eigenvalue weighted by atomic mass is 16.5. The van der Waals surface area contributed by atoms with E-state index in [0.717, 1.165) is 17.0 Å². The first kappa shape index (κ1) is 9.40. The lowest BCUT2D eigenvalue weighted by atomic mass is 10.2. The van der Waals surface area contributed by atoms with E-state index in [9.17, 15) is 4.79 Å². The molecule has 0 N–H and O–H groups in total. The van der Waals surface area contributed by atoms with Gasteiger partial charge in [-0.05, 0) is 18.2 Å². The number of fused-ring (bicyclic) bond motifs is 1. The van der Waals surface area contributed by atoms with Crippen LogP contribution in [-0.2, 0) is 4.79 Å². The van der Waals surface area contributed by atoms with Crippen LogP contribution < -0.4 is 4.74 Å². The van der Waals surface area contributed by atoms with Crippen molar-refractivity contribution in [3.63, 3.8) is 0 Å². The van der Waals surface area contributed by atoms with Crippen LogP contribution in [-0.4, -0.2) is 11.0 Å². The molecule has 0 aliphatic heterocycles. The molecule has 0 bridgehead atoms. The number of carbonyl (C=O) groups is 1. The number of rotatable bonds is 2. The van der Waals surface area contributed by atoms with Crippen molar-refractivity contribution in [1.82, 2.24) is 4.98 Å². The molecule has 0 unspecified atom stereocenters. The summed E-state index contributed by atoms with van der Waals surface area (Å²) in [6.07, 6.45) is 2.74. The molecule has 0 spiro atoms. The molecule has 0 atom stereocenters. The van der Waals surface area contributed by atoms with Crippen LogP contribution in [0.15, 0.2) is 49.2 Å². The predicted molar refractivity (Wildman–Crippen MR) is 57.6 cm³/mol. The van der Waals surface area contributed by atoms with Crippen molar-refractivity contribution in [1.29, 1.82) is 0 Å². The predicted octanol–water partition coefficient (Wildman–Crippen LogP) is 2.33. The fourth-order valence-corrected chi connectivity index (χ4v) is 1.31. The maximum atomic E-state index is 11.1. The standard InChI is InChI=1S/C12H9NO2/c1-2-12(14)15-11-7-8-13-10-6-4-3-5-9(10)11/h2-8H,1H2. The van der Waals surface area contributed by atoms with Gasteiger partial charge in [-0.15, -0.1) is 0 Å². The summed E-state index contributed by atoms with van der Waals surface area (Å²) in [5, 5.41) is 0.815. The van der Waals surface area contributed by atoms with Crippen molar-refractivity contribution < 1.29 is 9.53 Å². The molecule has 2 rings (SSSR count). The number of hydrogen-bond donors (Lipinski definition) is 0. The highest BCUT2D eigenvalue weighted by molar-refractivity contribution is 5.90. The van der Waals surface area contributed by atoms with Crippen LogP contribution in [0.5, 0.6) is 5.75 Å². The van der Waals surface area contributed by atoms with Crippen molar-refractivity contribution in [2.45, 2.75) is 0 Å². The summed E-state index contributed by atoms with van der Waals surface area (Å²) in [5.41, 5.74) is 0.798. The van der Waals surface area contributed by atoms with Crippen LogP contribution >= 0.6 is 0 Å². The van der Waals surface area contributed by atoms with E-state index < -0.39 is 5.97 Å². The summed E-state index contributed by atoms with van der Waals surface area (Å²) in [5.74, 6) is 0.0388. The lowest BCUT2D eigenvalue weighted by molar-refractivity contribution is -0.128. The third-order valence-electron chi connectivity index (χ3n) is 1.99. The van der Waals surface area contributed by atoms with Crippen LogP contribution in [0.4, 0.5) is 0 Å². The van der Waals surface area contributed by atoms with E-state index in [-0.39, 0.29) is 0 Å². The molecule has 2 aromatic rings. The molecule has 0 radical (unpaired) electrons. The van der Waals surface area contributed by atoms with E-state index in [1.807, 2.05) is 24.3 Å². The number of benzene rings is 1. The van der Waals surface area contributed by atoms with Gasteiger partial charge < -0.3 is 4.74 Å². The Bertz CT molecular complexity index is 515. The second-order valence-corrected chi connectivity index (χ2v) is 2.95. The molecule has 0 aliphatic carbocycles. The molecule has 15 heavy (non-hydrogen) atoms. The van der Waals surface area contributed by atoms with E-state index in [2.05, 4.69) is 11.6 Å². The minimum absolute atomic E-state index is 0.466. The second-order valence-electron chi connectivity index (χ2n) is 2.95. The zero-order chi connectivity index (χ0) is 10.7. The SMILES string of the molecule is C=CC(=O)Oc1ccnc2ccccc12. The van der Waals surface area contributed by atoms with Gasteiger partial charge in [0.2, 0.25) is 0 Å². The summed E-state index contributed by atoms with van der Waals surface area (Å²) in [4.78, 5) is 15.2. The lowest BCUT2D eigenvalue weighted by Crippen LogP contribution is -2.03. The maximum Gasteiger partial charge on any atom is 0.335 e. The number of carbonyl (C=O) groups excluding carboxylic acids is 1. The Balaban J connectivity index is 2.51. The van der Waals surface area contributed by atoms with Gasteiger partial charge in [-0.3, -0.25) is 4.98 Å². The summed E-state index contributed by atoms with van der Waals surface area (Å²) < 4.78 is 5.08. The summed E-state index contributed by atoms with van der Waals surface area (Å²) in [7, 11) is 0. The number of para-hydroxylation sites is 1. The van der Waals surface area contributed by atoms with Gasteiger partial charge in [0, 0.05) is 17.7 Å². The molecule has 74 valence electrons. The number of nitrogens with zero attached hydrogens (tertiary/aromatic N) is 1. The van der Waals surface area contributed by atoms with E-state index in [0.29, 0.717) is 5.75 Å². The van der Waals surface area contributed by atoms with Crippen molar-refractivity contribution in [3.05, 3.63) is 49.2 Å². The maximum absolute atomic E-state index is 11.1. The fraction of sp³-hybridized carbons (Fsp3) is 0. The van der Waals surface area contributed by atoms with E-state index in [1.54, 1.807) is 12.3 Å². The van der Waals surface area contributed by atoms with E-state index >= 15 is 0 Å². The van der Waals surface area contributed by atoms with Gasteiger partial charge in [0.15, 0.2) is 0 Å². The molecule has 0 aliphatic rings. The molecular weight excluding hydrogens is 190 g/mol. The average molecular weight is 199 g/mol. The fourth-order valence-electron chi connectivity index (χ4n) is 1.31. The Morgan fingerprint density at radius 2 is 2.13 bits per heavy atom. The lowest BCUT2D eigenvalue weighted by Gasteiger charge is -2.04. The third kappa shape index (κ3) is 1.86. The van der Waals surface area contributed by atoms with Crippen LogP contribution in [0.2, 0.25) is 0 Å². The molecule has 1 aromatic heterocycles. The molecule has 3 heteroatoms. The van der Waals surface area contributed by atoms with Crippen LogP contribution in [0.1, 0.15) is 0 Å². The first-order chi connectivity index (χ1) is 7.31. The van der Waals surface area contributed by atoms with Gasteiger partial charge in [0.05, 0.1) is 5.52 Å². The molecule has 1 aromatic carbocycles. The van der Waals surface area contributed by atoms with Crippen molar-refractivity contribution in [2.75, 3.05) is 0 Å². The second kappa shape index (κ2) is 3.92. The number of aromatic nitrogens is 1. The van der Waals surface area contributed by atoms with Crippen molar-refractivity contribution >= 4 is 16.9 Å². The molecule has 0 amide bonds. The van der Waals surface area contributed by atoms with E-state index in [1.165, 1.54) is 0 Å². The smallest absolute Gasteiger partial charge is 0.335 e. The Kier molecular flexibility index (Phi) is 2.46. The molecule has 0 saturated heterocycles. The van der Waals surface area contributed by atoms with Crippen LogP contribution in [0.3, 0.4) is 0 Å². The van der Waals surface area contributed by atoms with Gasteiger partial charge in [-0.1, -0.05) is 18.7 Å². The number of hydrogen-bond acceptors (Lipinski definition) is 3. The van der Waals surface area contributed by atoms with Crippen molar-refractivity contribution in [2.24, 2.45) is 0 Å². The molecule has 1 heterocycles. The summed E-state index contributed by atoms with van der Waals surface area (Å²) in [6, 6.07) is 9.13. The highest BCUT2D eigenvalue weighted by Gasteiger charge is 2.04. The molecular formula is C12H9NO2. The minimum Gasteiger partial charge on any atom is -0.423 e. The number of pyridine rings is 1. The summed E-state index contributed by atoms with van der Waals surface area (Å²) >= 11 is 0. The zero-order valence-electron chi connectivity index (χ0n) is 8.01. The zero-order valence-corrected chi connectivity index (χ0v) is 8.01. The quantitative estimate of drug-likeness (QED) is 0.550. The minimum atomic E-state index is -0.466. The Labute approximate surface area is 87.0 Å². The molecule has 3 nitrogen and oxygen atoms in total. The Morgan fingerprint density at radius 3 is 2.93 bits per heavy atom. The van der Waals surface area contributed by atoms with Gasteiger partial charge in [-0.25, -0.2) is 4.79 Å². The van der Waals surface area contributed by atoms with Crippen LogP contribution in [0, 0.1) is 0 Å². The van der Waals surface area contributed by atoms with Gasteiger partial charge in [0.1, 0.15) is 5.75 Å². The first-order valence-corrected chi connectivity index (χ1v) is 4.49. The Hall–Kier alpha value is -2.16. The third-order valence-corrected chi connectivity index (χ3v) is 1.99. The first-order valence-electron chi connectivity index (χ1n) is 4.49.